The number of para-hydroxylation sites is 1. The van der Waals surface area contributed by atoms with Crippen LogP contribution in [-0.2, 0) is 6.42 Å². The molecule has 1 aromatic carbocycles. The van der Waals surface area contributed by atoms with Crippen LogP contribution < -0.4 is 5.32 Å². The predicted octanol–water partition coefficient (Wildman–Crippen LogP) is 1.83. The van der Waals surface area contributed by atoms with Gasteiger partial charge in [-0.25, -0.2) is 0 Å². The molecule has 0 saturated carbocycles. The molecule has 1 aliphatic rings. The van der Waals surface area contributed by atoms with Crippen molar-refractivity contribution in [2.45, 2.75) is 6.42 Å². The van der Waals surface area contributed by atoms with E-state index in [-0.39, 0.29) is 0 Å². The molecule has 2 nitrogen and oxygen atoms in total. The Kier molecular flexibility index (Phi) is 3.77. The standard InChI is InChI=1S/C8H9N.C3H9N/c1-2-4-8-7(3-1)5-6-9-8;1-4(2)3/h1-4,9H,5-6H2;1-3H3. The Morgan fingerprint density at radius 1 is 1.15 bits per heavy atom. The number of hydrogen-bond donors (Lipinski definition) is 1. The van der Waals surface area contributed by atoms with Crippen LogP contribution in [0.4, 0.5) is 5.69 Å². The monoisotopic (exact) mass is 178 g/mol. The minimum absolute atomic E-state index is 1.11. The van der Waals surface area contributed by atoms with Gasteiger partial charge in [0.15, 0.2) is 0 Å². The Morgan fingerprint density at radius 2 is 1.77 bits per heavy atom. The van der Waals surface area contributed by atoms with Crippen molar-refractivity contribution in [2.24, 2.45) is 0 Å². The smallest absolute Gasteiger partial charge is 0.0373 e. The van der Waals surface area contributed by atoms with Crippen LogP contribution in [0.2, 0.25) is 0 Å². The van der Waals surface area contributed by atoms with E-state index in [9.17, 15) is 0 Å². The first-order chi connectivity index (χ1) is 6.20. The van der Waals surface area contributed by atoms with Crippen molar-refractivity contribution in [1.29, 1.82) is 0 Å². The third-order valence-electron chi connectivity index (χ3n) is 1.73. The fourth-order valence-electron chi connectivity index (χ4n) is 1.24. The van der Waals surface area contributed by atoms with Crippen LogP contribution in [0.1, 0.15) is 5.56 Å². The minimum Gasteiger partial charge on any atom is -0.384 e. The third-order valence-corrected chi connectivity index (χ3v) is 1.73. The fourth-order valence-corrected chi connectivity index (χ4v) is 1.24. The maximum atomic E-state index is 3.30. The quantitative estimate of drug-likeness (QED) is 0.652. The number of anilines is 1. The van der Waals surface area contributed by atoms with E-state index in [0.717, 1.165) is 6.54 Å². The molecule has 2 rings (SSSR count). The molecule has 0 atom stereocenters. The molecule has 0 aromatic heterocycles. The summed E-state index contributed by atoms with van der Waals surface area (Å²) in [6.45, 7) is 1.11. The van der Waals surface area contributed by atoms with Gasteiger partial charge in [0.1, 0.15) is 0 Å². The van der Waals surface area contributed by atoms with E-state index in [2.05, 4.69) is 29.6 Å². The summed E-state index contributed by atoms with van der Waals surface area (Å²) in [6, 6.07) is 8.46. The average molecular weight is 178 g/mol. The second-order valence-electron chi connectivity index (χ2n) is 3.68. The van der Waals surface area contributed by atoms with Gasteiger partial charge in [0.05, 0.1) is 0 Å². The van der Waals surface area contributed by atoms with Gasteiger partial charge in [-0.3, -0.25) is 0 Å². The van der Waals surface area contributed by atoms with E-state index < -0.39 is 0 Å². The van der Waals surface area contributed by atoms with Crippen LogP contribution in [0.15, 0.2) is 24.3 Å². The van der Waals surface area contributed by atoms with Crippen molar-refractivity contribution in [3.8, 4) is 0 Å². The Bertz CT molecular complexity index is 230. The molecule has 0 bridgehead atoms. The molecule has 0 amide bonds. The lowest BCUT2D eigenvalue weighted by Crippen LogP contribution is -1.99. The molecule has 1 heterocycles. The SMILES string of the molecule is CN(C)C.c1ccc2c(c1)CCN2. The number of nitrogens with one attached hydrogen (secondary N) is 1. The van der Waals surface area contributed by atoms with E-state index in [1.54, 1.807) is 0 Å². The van der Waals surface area contributed by atoms with E-state index in [4.69, 9.17) is 0 Å². The molecule has 1 aromatic rings. The summed E-state index contributed by atoms with van der Waals surface area (Å²) in [4.78, 5) is 2.00. The van der Waals surface area contributed by atoms with Gasteiger partial charge in [0.25, 0.3) is 0 Å². The summed E-state index contributed by atoms with van der Waals surface area (Å²) >= 11 is 0. The van der Waals surface area contributed by atoms with Crippen molar-refractivity contribution in [3.05, 3.63) is 29.8 Å². The second kappa shape index (κ2) is 4.87. The van der Waals surface area contributed by atoms with Gasteiger partial charge in [-0.2, -0.15) is 0 Å². The molecular weight excluding hydrogens is 160 g/mol. The second-order valence-corrected chi connectivity index (χ2v) is 3.68. The topological polar surface area (TPSA) is 15.3 Å². The zero-order valence-electron chi connectivity index (χ0n) is 8.67. The predicted molar refractivity (Wildman–Crippen MR) is 58.2 cm³/mol. The van der Waals surface area contributed by atoms with E-state index >= 15 is 0 Å². The van der Waals surface area contributed by atoms with Crippen LogP contribution in [0.25, 0.3) is 0 Å². The zero-order valence-corrected chi connectivity index (χ0v) is 8.67. The van der Waals surface area contributed by atoms with Gasteiger partial charge in [0.2, 0.25) is 0 Å². The Balaban J connectivity index is 0.000000184. The highest BCUT2D eigenvalue weighted by atomic mass is 15.0. The Morgan fingerprint density at radius 3 is 2.38 bits per heavy atom. The minimum atomic E-state index is 1.11. The van der Waals surface area contributed by atoms with Gasteiger partial charge >= 0.3 is 0 Å². The highest BCUT2D eigenvalue weighted by Gasteiger charge is 2.05. The van der Waals surface area contributed by atoms with Gasteiger partial charge in [-0.05, 0) is 39.2 Å². The maximum Gasteiger partial charge on any atom is 0.0373 e. The van der Waals surface area contributed by atoms with Crippen molar-refractivity contribution in [3.63, 3.8) is 0 Å². The number of hydrogen-bond acceptors (Lipinski definition) is 2. The molecule has 72 valence electrons. The van der Waals surface area contributed by atoms with Crippen LogP contribution in [-0.4, -0.2) is 32.6 Å². The van der Waals surface area contributed by atoms with Gasteiger partial charge in [-0.15, -0.1) is 0 Å². The van der Waals surface area contributed by atoms with Crippen LogP contribution in [0.3, 0.4) is 0 Å². The van der Waals surface area contributed by atoms with Crippen LogP contribution >= 0.6 is 0 Å². The fraction of sp³-hybridized carbons (Fsp3) is 0.455. The van der Waals surface area contributed by atoms with E-state index in [0.29, 0.717) is 0 Å². The molecule has 0 radical (unpaired) electrons. The van der Waals surface area contributed by atoms with E-state index in [1.807, 2.05) is 26.0 Å². The summed E-state index contributed by atoms with van der Waals surface area (Å²) in [7, 11) is 6.00. The van der Waals surface area contributed by atoms with Gasteiger partial charge in [-0.1, -0.05) is 18.2 Å². The first-order valence-electron chi connectivity index (χ1n) is 4.63. The number of nitrogens with zero attached hydrogens (tertiary/aromatic N) is 1. The lowest BCUT2D eigenvalue weighted by atomic mass is 10.2. The number of benzene rings is 1. The largest absolute Gasteiger partial charge is 0.384 e. The molecule has 13 heavy (non-hydrogen) atoms. The summed E-state index contributed by atoms with van der Waals surface area (Å²) in [5, 5.41) is 3.30. The first kappa shape index (κ1) is 10.1. The Hall–Kier alpha value is -1.02. The highest BCUT2D eigenvalue weighted by Crippen LogP contribution is 2.19. The summed E-state index contributed by atoms with van der Waals surface area (Å²) < 4.78 is 0. The third kappa shape index (κ3) is 3.47. The summed E-state index contributed by atoms with van der Waals surface area (Å²) in [5.41, 5.74) is 2.77. The zero-order chi connectivity index (χ0) is 9.68. The van der Waals surface area contributed by atoms with Crippen molar-refractivity contribution < 1.29 is 0 Å². The van der Waals surface area contributed by atoms with Crippen molar-refractivity contribution in [2.75, 3.05) is 33.0 Å². The Labute approximate surface area is 80.6 Å². The summed E-state index contributed by atoms with van der Waals surface area (Å²) in [6.07, 6.45) is 1.19. The molecule has 1 aliphatic heterocycles. The van der Waals surface area contributed by atoms with Crippen LogP contribution in [0.5, 0.6) is 0 Å². The van der Waals surface area contributed by atoms with Crippen molar-refractivity contribution in [1.82, 2.24) is 4.90 Å². The number of fused-ring (bicyclic) bond motifs is 1. The average Bonchev–Trinajstić information content (AvgIpc) is 2.49. The lowest BCUT2D eigenvalue weighted by Gasteiger charge is -1.94. The highest BCUT2D eigenvalue weighted by molar-refractivity contribution is 5.54. The lowest BCUT2D eigenvalue weighted by molar-refractivity contribution is 0.505. The summed E-state index contributed by atoms with van der Waals surface area (Å²) in [5.74, 6) is 0. The first-order valence-corrected chi connectivity index (χ1v) is 4.63. The molecule has 0 saturated heterocycles. The van der Waals surface area contributed by atoms with Gasteiger partial charge < -0.3 is 10.2 Å². The van der Waals surface area contributed by atoms with Gasteiger partial charge in [0, 0.05) is 12.2 Å². The normalized spacial score (nSPS) is 12.9. The maximum absolute atomic E-state index is 3.30. The molecule has 1 N–H and O–H groups in total. The molecule has 0 spiro atoms. The molecule has 0 fully saturated rings. The molecule has 0 aliphatic carbocycles. The van der Waals surface area contributed by atoms with Crippen LogP contribution in [0, 0.1) is 0 Å². The molecule has 2 heteroatoms. The molecular formula is C11H18N2. The van der Waals surface area contributed by atoms with E-state index in [1.165, 1.54) is 17.7 Å². The number of rotatable bonds is 0. The van der Waals surface area contributed by atoms with Crippen molar-refractivity contribution >= 4 is 5.69 Å². The molecule has 0 unspecified atom stereocenters.